The van der Waals surface area contributed by atoms with Crippen LogP contribution in [-0.2, 0) is 0 Å². The molecule has 0 unspecified atom stereocenters. The summed E-state index contributed by atoms with van der Waals surface area (Å²) in [4.78, 5) is 14.2. The molecule has 0 aliphatic carbocycles. The fourth-order valence-electron chi connectivity index (χ4n) is 0.632. The van der Waals surface area contributed by atoms with E-state index in [4.69, 9.17) is 10.8 Å². The Morgan fingerprint density at radius 2 is 2.58 bits per heavy atom. The normalized spacial score (nSPS) is 9.75. The van der Waals surface area contributed by atoms with E-state index in [0.29, 0.717) is 18.2 Å². The first kappa shape index (κ1) is 8.95. The molecule has 4 N–H and O–H groups in total. The van der Waals surface area contributed by atoms with E-state index in [9.17, 15) is 4.79 Å². The van der Waals surface area contributed by atoms with Crippen molar-refractivity contribution in [2.75, 3.05) is 18.4 Å². The minimum Gasteiger partial charge on any atom is -0.476 e. The summed E-state index contributed by atoms with van der Waals surface area (Å²) in [6.07, 6.45) is 0. The first-order chi connectivity index (χ1) is 5.74. The average molecular weight is 187 g/mol. The molecule has 1 rings (SSSR count). The molecule has 0 spiro atoms. The van der Waals surface area contributed by atoms with Crippen molar-refractivity contribution in [3.63, 3.8) is 0 Å². The summed E-state index contributed by atoms with van der Waals surface area (Å²) >= 11 is 1.26. The molecule has 6 heteroatoms. The Hall–Kier alpha value is -1.14. The zero-order chi connectivity index (χ0) is 8.97. The molecule has 1 aromatic heterocycles. The molecule has 12 heavy (non-hydrogen) atoms. The molecule has 0 aliphatic rings. The highest BCUT2D eigenvalue weighted by atomic mass is 32.1. The Balaban J connectivity index is 2.58. The number of nitrogens with one attached hydrogen (secondary N) is 1. The van der Waals surface area contributed by atoms with Crippen LogP contribution in [0.5, 0.6) is 0 Å². The molecule has 0 fully saturated rings. The highest BCUT2D eigenvalue weighted by Crippen LogP contribution is 2.14. The Morgan fingerprint density at radius 1 is 1.83 bits per heavy atom. The number of carboxylic acids is 1. The third-order valence-electron chi connectivity index (χ3n) is 1.14. The van der Waals surface area contributed by atoms with Gasteiger partial charge in [-0.15, -0.1) is 11.3 Å². The highest BCUT2D eigenvalue weighted by molar-refractivity contribution is 7.13. The number of carboxylic acid groups (broad SMARTS) is 1. The van der Waals surface area contributed by atoms with E-state index in [2.05, 4.69) is 10.3 Å². The fraction of sp³-hybridized carbons (Fsp3) is 0.333. The third kappa shape index (κ3) is 2.18. The zero-order valence-corrected chi connectivity index (χ0v) is 7.10. The molecule has 0 atom stereocenters. The number of aromatic carboxylic acids is 1. The maximum absolute atomic E-state index is 10.4. The average Bonchev–Trinajstić information content (AvgIpc) is 2.48. The van der Waals surface area contributed by atoms with E-state index in [1.165, 1.54) is 16.7 Å². The van der Waals surface area contributed by atoms with Gasteiger partial charge in [-0.1, -0.05) is 0 Å². The lowest BCUT2D eigenvalue weighted by Gasteiger charge is -1.96. The van der Waals surface area contributed by atoms with Crippen molar-refractivity contribution < 1.29 is 9.90 Å². The Labute approximate surface area is 73.2 Å². The molecule has 0 radical (unpaired) electrons. The van der Waals surface area contributed by atoms with Gasteiger partial charge < -0.3 is 16.2 Å². The van der Waals surface area contributed by atoms with Crippen LogP contribution in [0.4, 0.5) is 5.13 Å². The summed E-state index contributed by atoms with van der Waals surface area (Å²) in [7, 11) is 0. The minimum absolute atomic E-state index is 0.0690. The maximum Gasteiger partial charge on any atom is 0.355 e. The van der Waals surface area contributed by atoms with Crippen LogP contribution in [0.15, 0.2) is 5.38 Å². The lowest BCUT2D eigenvalue weighted by atomic mass is 10.5. The molecule has 0 saturated carbocycles. The number of hydrogen-bond donors (Lipinski definition) is 3. The van der Waals surface area contributed by atoms with Crippen LogP contribution in [-0.4, -0.2) is 29.1 Å². The van der Waals surface area contributed by atoms with Crippen molar-refractivity contribution >= 4 is 22.4 Å². The summed E-state index contributed by atoms with van der Waals surface area (Å²) in [5.41, 5.74) is 5.31. The SMILES string of the molecule is NCCNc1nc(C(=O)O)cs1. The maximum atomic E-state index is 10.4. The number of anilines is 1. The second-order valence-electron chi connectivity index (χ2n) is 2.06. The zero-order valence-electron chi connectivity index (χ0n) is 6.28. The van der Waals surface area contributed by atoms with Gasteiger partial charge in [0, 0.05) is 18.5 Å². The number of aromatic nitrogens is 1. The van der Waals surface area contributed by atoms with Crippen molar-refractivity contribution in [1.82, 2.24) is 4.98 Å². The molecule has 0 aromatic carbocycles. The van der Waals surface area contributed by atoms with Gasteiger partial charge in [-0.25, -0.2) is 9.78 Å². The summed E-state index contributed by atoms with van der Waals surface area (Å²) in [5, 5.41) is 13.5. The van der Waals surface area contributed by atoms with Crippen LogP contribution >= 0.6 is 11.3 Å². The second kappa shape index (κ2) is 4.03. The topological polar surface area (TPSA) is 88.2 Å². The van der Waals surface area contributed by atoms with Crippen LogP contribution in [0.25, 0.3) is 0 Å². The molecule has 0 bridgehead atoms. The number of thiazole rings is 1. The van der Waals surface area contributed by atoms with E-state index in [1.54, 1.807) is 0 Å². The van der Waals surface area contributed by atoms with Gasteiger partial charge in [0.1, 0.15) is 0 Å². The van der Waals surface area contributed by atoms with Crippen LogP contribution < -0.4 is 11.1 Å². The number of rotatable bonds is 4. The summed E-state index contributed by atoms with van der Waals surface area (Å²) in [5.74, 6) is -1.01. The molecular formula is C6H9N3O2S. The van der Waals surface area contributed by atoms with Crippen molar-refractivity contribution in [1.29, 1.82) is 0 Å². The van der Waals surface area contributed by atoms with Crippen LogP contribution in [0, 0.1) is 0 Å². The molecule has 0 saturated heterocycles. The fourth-order valence-corrected chi connectivity index (χ4v) is 1.35. The molecule has 66 valence electrons. The first-order valence-corrected chi connectivity index (χ1v) is 4.24. The van der Waals surface area contributed by atoms with Crippen LogP contribution in [0.3, 0.4) is 0 Å². The Kier molecular flexibility index (Phi) is 3.01. The van der Waals surface area contributed by atoms with E-state index >= 15 is 0 Å². The van der Waals surface area contributed by atoms with Crippen LogP contribution in [0.2, 0.25) is 0 Å². The van der Waals surface area contributed by atoms with Crippen molar-refractivity contribution in [2.24, 2.45) is 5.73 Å². The van der Waals surface area contributed by atoms with E-state index in [0.717, 1.165) is 0 Å². The quantitative estimate of drug-likeness (QED) is 0.627. The standard InChI is InChI=1S/C6H9N3O2S/c7-1-2-8-6-9-4(3-12-6)5(10)11/h3H,1-2,7H2,(H,8,9)(H,10,11). The molecule has 1 heterocycles. The largest absolute Gasteiger partial charge is 0.476 e. The van der Waals surface area contributed by atoms with Gasteiger partial charge in [-0.2, -0.15) is 0 Å². The van der Waals surface area contributed by atoms with E-state index < -0.39 is 5.97 Å². The van der Waals surface area contributed by atoms with Crippen molar-refractivity contribution in [3.8, 4) is 0 Å². The number of nitrogens with zero attached hydrogens (tertiary/aromatic N) is 1. The lowest BCUT2D eigenvalue weighted by Crippen LogP contribution is -2.13. The second-order valence-corrected chi connectivity index (χ2v) is 2.92. The predicted octanol–water partition coefficient (Wildman–Crippen LogP) is 0.212. The van der Waals surface area contributed by atoms with E-state index in [1.807, 2.05) is 0 Å². The van der Waals surface area contributed by atoms with Crippen molar-refractivity contribution in [2.45, 2.75) is 0 Å². The molecule has 1 aromatic rings. The summed E-state index contributed by atoms with van der Waals surface area (Å²) in [6, 6.07) is 0. The third-order valence-corrected chi connectivity index (χ3v) is 1.94. The molecule has 0 amide bonds. The van der Waals surface area contributed by atoms with Crippen LogP contribution in [0.1, 0.15) is 10.5 Å². The molecule has 0 aliphatic heterocycles. The van der Waals surface area contributed by atoms with Gasteiger partial charge in [0.2, 0.25) is 0 Å². The van der Waals surface area contributed by atoms with Gasteiger partial charge in [0.25, 0.3) is 0 Å². The molecular weight excluding hydrogens is 178 g/mol. The highest BCUT2D eigenvalue weighted by Gasteiger charge is 2.07. The van der Waals surface area contributed by atoms with Gasteiger partial charge >= 0.3 is 5.97 Å². The van der Waals surface area contributed by atoms with Crippen molar-refractivity contribution in [3.05, 3.63) is 11.1 Å². The van der Waals surface area contributed by atoms with Gasteiger partial charge in [0.05, 0.1) is 0 Å². The lowest BCUT2D eigenvalue weighted by molar-refractivity contribution is 0.0691. The van der Waals surface area contributed by atoms with E-state index in [-0.39, 0.29) is 5.69 Å². The smallest absolute Gasteiger partial charge is 0.355 e. The monoisotopic (exact) mass is 187 g/mol. The summed E-state index contributed by atoms with van der Waals surface area (Å²) < 4.78 is 0. The number of hydrogen-bond acceptors (Lipinski definition) is 5. The summed E-state index contributed by atoms with van der Waals surface area (Å²) in [6.45, 7) is 1.11. The minimum atomic E-state index is -1.01. The predicted molar refractivity (Wildman–Crippen MR) is 46.6 cm³/mol. The number of nitrogens with two attached hydrogens (primary N) is 1. The number of carbonyl (C=O) groups is 1. The van der Waals surface area contributed by atoms with Gasteiger partial charge in [-0.05, 0) is 0 Å². The Morgan fingerprint density at radius 3 is 3.08 bits per heavy atom. The molecule has 5 nitrogen and oxygen atoms in total. The Bertz CT molecular complexity index is 274. The first-order valence-electron chi connectivity index (χ1n) is 3.37. The van der Waals surface area contributed by atoms with Gasteiger partial charge in [0.15, 0.2) is 10.8 Å². The van der Waals surface area contributed by atoms with Gasteiger partial charge in [-0.3, -0.25) is 0 Å².